The molecule has 0 saturated heterocycles. The molecule has 92 valence electrons. The van der Waals surface area contributed by atoms with E-state index in [4.69, 9.17) is 5.11 Å². The van der Waals surface area contributed by atoms with Crippen LogP contribution in [0.5, 0.6) is 5.75 Å². The highest BCUT2D eigenvalue weighted by Crippen LogP contribution is 2.28. The van der Waals surface area contributed by atoms with Crippen molar-refractivity contribution in [1.29, 1.82) is 0 Å². The highest BCUT2D eigenvalue weighted by Gasteiger charge is 2.28. The summed E-state index contributed by atoms with van der Waals surface area (Å²) in [6, 6.07) is 3.38. The van der Waals surface area contributed by atoms with Gasteiger partial charge in [-0.25, -0.2) is 0 Å². The molecule has 0 radical (unpaired) electrons. The average Bonchev–Trinajstić information content (AvgIpc) is 3.15. The minimum Gasteiger partial charge on any atom is -0.506 e. The van der Waals surface area contributed by atoms with E-state index in [0.29, 0.717) is 13.1 Å². The van der Waals surface area contributed by atoms with E-state index in [1.807, 2.05) is 0 Å². The minimum atomic E-state index is 0.172. The number of carbonyl (C=O) groups excluding carboxylic acids is 1. The highest BCUT2D eigenvalue weighted by atomic mass is 16.3. The molecular formula is C12H17N3O2. The number of nitrogens with one attached hydrogen (secondary N) is 2. The first-order chi connectivity index (χ1) is 8.25. The van der Waals surface area contributed by atoms with Crippen LogP contribution in [-0.2, 0) is 11.3 Å². The molecule has 0 aromatic carbocycles. The molecule has 1 amide bonds. The van der Waals surface area contributed by atoms with Crippen LogP contribution in [-0.4, -0.2) is 29.1 Å². The molecule has 5 nitrogen and oxygen atoms in total. The summed E-state index contributed by atoms with van der Waals surface area (Å²) in [7, 11) is 0. The van der Waals surface area contributed by atoms with E-state index in [9.17, 15) is 4.79 Å². The van der Waals surface area contributed by atoms with Gasteiger partial charge in [-0.2, -0.15) is 0 Å². The number of carbonyl (C=O) groups is 1. The summed E-state index contributed by atoms with van der Waals surface area (Å²) in [5.74, 6) is 0.619. The van der Waals surface area contributed by atoms with E-state index in [0.717, 1.165) is 25.1 Å². The lowest BCUT2D eigenvalue weighted by molar-refractivity contribution is -0.122. The quantitative estimate of drug-likeness (QED) is 0.624. The molecule has 0 unspecified atom stereocenters. The molecule has 0 spiro atoms. The van der Waals surface area contributed by atoms with Crippen LogP contribution in [0.3, 0.4) is 0 Å². The van der Waals surface area contributed by atoms with Gasteiger partial charge in [0.25, 0.3) is 0 Å². The molecule has 17 heavy (non-hydrogen) atoms. The maximum atomic E-state index is 11.3. The Balaban J connectivity index is 1.56. The van der Waals surface area contributed by atoms with E-state index in [-0.39, 0.29) is 17.6 Å². The molecule has 1 fully saturated rings. The molecule has 1 saturated carbocycles. The fraction of sp³-hybridized carbons (Fsp3) is 0.500. The number of aromatic nitrogens is 1. The first-order valence-electron chi connectivity index (χ1n) is 5.88. The lowest BCUT2D eigenvalue weighted by Crippen LogP contribution is -2.32. The van der Waals surface area contributed by atoms with Gasteiger partial charge >= 0.3 is 0 Å². The monoisotopic (exact) mass is 235 g/mol. The predicted octanol–water partition coefficient (Wildman–Crippen LogP) is 0.403. The smallest absolute Gasteiger partial charge is 0.223 e. The van der Waals surface area contributed by atoms with Crippen LogP contribution in [0.4, 0.5) is 0 Å². The maximum absolute atomic E-state index is 11.3. The van der Waals surface area contributed by atoms with Gasteiger partial charge in [-0.15, -0.1) is 0 Å². The molecule has 1 aromatic heterocycles. The third kappa shape index (κ3) is 4.03. The second-order valence-corrected chi connectivity index (χ2v) is 4.25. The third-order valence-corrected chi connectivity index (χ3v) is 2.66. The van der Waals surface area contributed by atoms with Crippen LogP contribution in [0.15, 0.2) is 18.3 Å². The topological polar surface area (TPSA) is 74.2 Å². The summed E-state index contributed by atoms with van der Waals surface area (Å²) in [6.07, 6.45) is 3.50. The molecule has 1 aliphatic carbocycles. The fourth-order valence-electron chi connectivity index (χ4n) is 1.50. The molecular weight excluding hydrogens is 218 g/mol. The van der Waals surface area contributed by atoms with Crippen molar-refractivity contribution >= 4 is 5.91 Å². The molecule has 3 N–H and O–H groups in total. The zero-order valence-electron chi connectivity index (χ0n) is 9.65. The molecule has 1 aliphatic rings. The summed E-state index contributed by atoms with van der Waals surface area (Å²) < 4.78 is 0. The SMILES string of the molecule is O=C(NCCNCc1ccc(O)cn1)C1CC1. The number of hydrogen-bond acceptors (Lipinski definition) is 4. The van der Waals surface area contributed by atoms with E-state index in [1.165, 1.54) is 6.20 Å². The maximum Gasteiger partial charge on any atom is 0.223 e. The number of hydrogen-bond donors (Lipinski definition) is 3. The van der Waals surface area contributed by atoms with Crippen molar-refractivity contribution in [3.05, 3.63) is 24.0 Å². The van der Waals surface area contributed by atoms with E-state index in [1.54, 1.807) is 12.1 Å². The van der Waals surface area contributed by atoms with Crippen molar-refractivity contribution in [2.75, 3.05) is 13.1 Å². The number of nitrogens with zero attached hydrogens (tertiary/aromatic N) is 1. The molecule has 1 heterocycles. The largest absolute Gasteiger partial charge is 0.506 e. The Morgan fingerprint density at radius 1 is 1.41 bits per heavy atom. The van der Waals surface area contributed by atoms with Gasteiger partial charge in [-0.05, 0) is 25.0 Å². The summed E-state index contributed by atoms with van der Waals surface area (Å²) in [5.41, 5.74) is 0.872. The van der Waals surface area contributed by atoms with Crippen molar-refractivity contribution in [3.63, 3.8) is 0 Å². The standard InChI is InChI=1S/C12H17N3O2/c16-11-4-3-10(15-8-11)7-13-5-6-14-12(17)9-1-2-9/h3-4,8-9,13,16H,1-2,5-7H2,(H,14,17). The minimum absolute atomic E-state index is 0.172. The fourth-order valence-corrected chi connectivity index (χ4v) is 1.50. The molecule has 5 heteroatoms. The van der Waals surface area contributed by atoms with Crippen LogP contribution in [0.1, 0.15) is 18.5 Å². The van der Waals surface area contributed by atoms with E-state index < -0.39 is 0 Å². The highest BCUT2D eigenvalue weighted by molar-refractivity contribution is 5.80. The van der Waals surface area contributed by atoms with Gasteiger partial charge in [-0.3, -0.25) is 9.78 Å². The molecule has 0 bridgehead atoms. The Kier molecular flexibility index (Phi) is 3.93. The Bertz CT molecular complexity index is 374. The third-order valence-electron chi connectivity index (χ3n) is 2.66. The number of amides is 1. The first kappa shape index (κ1) is 11.9. The van der Waals surface area contributed by atoms with Crippen molar-refractivity contribution in [2.45, 2.75) is 19.4 Å². The van der Waals surface area contributed by atoms with Crippen LogP contribution in [0.2, 0.25) is 0 Å². The van der Waals surface area contributed by atoms with Gasteiger partial charge in [0, 0.05) is 25.6 Å². The summed E-state index contributed by atoms with van der Waals surface area (Å²) in [4.78, 5) is 15.3. The lowest BCUT2D eigenvalue weighted by atomic mass is 10.3. The summed E-state index contributed by atoms with van der Waals surface area (Å²) >= 11 is 0. The number of aromatic hydroxyl groups is 1. The Morgan fingerprint density at radius 3 is 2.88 bits per heavy atom. The van der Waals surface area contributed by atoms with Crippen LogP contribution < -0.4 is 10.6 Å². The average molecular weight is 235 g/mol. The Morgan fingerprint density at radius 2 is 2.24 bits per heavy atom. The van der Waals surface area contributed by atoms with Crippen LogP contribution in [0.25, 0.3) is 0 Å². The normalized spacial score (nSPS) is 14.6. The van der Waals surface area contributed by atoms with Gasteiger partial charge in [0.1, 0.15) is 5.75 Å². The summed E-state index contributed by atoms with van der Waals surface area (Å²) in [6.45, 7) is 2.01. The Labute approximate surface area is 100 Å². The summed E-state index contributed by atoms with van der Waals surface area (Å²) in [5, 5.41) is 15.1. The van der Waals surface area contributed by atoms with Crippen molar-refractivity contribution < 1.29 is 9.90 Å². The number of pyridine rings is 1. The van der Waals surface area contributed by atoms with Crippen molar-refractivity contribution in [1.82, 2.24) is 15.6 Å². The van der Waals surface area contributed by atoms with Gasteiger partial charge in [0.05, 0.1) is 11.9 Å². The number of rotatable bonds is 6. The van der Waals surface area contributed by atoms with Crippen molar-refractivity contribution in [2.24, 2.45) is 5.92 Å². The van der Waals surface area contributed by atoms with Gasteiger partial charge in [0.15, 0.2) is 0 Å². The van der Waals surface area contributed by atoms with E-state index in [2.05, 4.69) is 15.6 Å². The van der Waals surface area contributed by atoms with Crippen LogP contribution >= 0.6 is 0 Å². The molecule has 0 atom stereocenters. The van der Waals surface area contributed by atoms with Gasteiger partial charge < -0.3 is 15.7 Å². The van der Waals surface area contributed by atoms with Crippen LogP contribution in [0, 0.1) is 5.92 Å². The zero-order valence-corrected chi connectivity index (χ0v) is 9.65. The van der Waals surface area contributed by atoms with E-state index >= 15 is 0 Å². The van der Waals surface area contributed by atoms with Gasteiger partial charge in [-0.1, -0.05) is 0 Å². The molecule has 1 aromatic rings. The second kappa shape index (κ2) is 5.63. The lowest BCUT2D eigenvalue weighted by Gasteiger charge is -2.06. The Hall–Kier alpha value is -1.62. The van der Waals surface area contributed by atoms with Crippen molar-refractivity contribution in [3.8, 4) is 5.75 Å². The predicted molar refractivity (Wildman–Crippen MR) is 63.3 cm³/mol. The zero-order chi connectivity index (χ0) is 12.1. The second-order valence-electron chi connectivity index (χ2n) is 4.25. The van der Waals surface area contributed by atoms with Gasteiger partial charge in [0.2, 0.25) is 5.91 Å². The first-order valence-corrected chi connectivity index (χ1v) is 5.88. The molecule has 0 aliphatic heterocycles. The molecule has 2 rings (SSSR count).